The van der Waals surface area contributed by atoms with E-state index in [9.17, 15) is 19.2 Å². The highest BCUT2D eigenvalue weighted by Gasteiger charge is 2.25. The summed E-state index contributed by atoms with van der Waals surface area (Å²) in [6, 6.07) is 20.2. The van der Waals surface area contributed by atoms with Crippen LogP contribution in [0.1, 0.15) is 45.7 Å². The summed E-state index contributed by atoms with van der Waals surface area (Å²) in [6.45, 7) is 1.75. The van der Waals surface area contributed by atoms with Crippen molar-refractivity contribution in [2.45, 2.75) is 25.8 Å². The predicted molar refractivity (Wildman–Crippen MR) is 154 cm³/mol. The van der Waals surface area contributed by atoms with Gasteiger partial charge in [0.15, 0.2) is 5.78 Å². The van der Waals surface area contributed by atoms with Gasteiger partial charge in [0.1, 0.15) is 11.8 Å². The Labute approximate surface area is 235 Å². The number of rotatable bonds is 10. The molecule has 0 unspecified atom stereocenters. The van der Waals surface area contributed by atoms with Crippen LogP contribution in [-0.4, -0.2) is 34.4 Å². The summed E-state index contributed by atoms with van der Waals surface area (Å²) in [4.78, 5) is 51.0. The monoisotopic (exact) mass is 558 g/mol. The molecule has 0 aliphatic carbocycles. The summed E-state index contributed by atoms with van der Waals surface area (Å²) in [5, 5.41) is 12.3. The second-order valence-corrected chi connectivity index (χ2v) is 9.48. The number of carboxylic acid groups (broad SMARTS) is 1. The van der Waals surface area contributed by atoms with E-state index in [1.165, 1.54) is 48.2 Å². The highest BCUT2D eigenvalue weighted by atomic mass is 35.5. The summed E-state index contributed by atoms with van der Waals surface area (Å²) < 4.78 is 6.93. The minimum atomic E-state index is -1.08. The van der Waals surface area contributed by atoms with Crippen molar-refractivity contribution in [3.8, 4) is 16.9 Å². The third kappa shape index (κ3) is 6.30. The molecule has 1 atom stereocenters. The number of aromatic carboxylic acids is 1. The number of carbonyl (C=O) groups is 3. The molecule has 4 rings (SSSR count). The second kappa shape index (κ2) is 12.4. The number of carbonyl (C=O) groups excluding carboxylic acids is 2. The van der Waals surface area contributed by atoms with Crippen LogP contribution < -0.4 is 15.6 Å². The third-order valence-corrected chi connectivity index (χ3v) is 6.70. The topological polar surface area (TPSA) is 115 Å². The minimum Gasteiger partial charge on any atom is -0.495 e. The first kappa shape index (κ1) is 28.3. The molecular formula is C31H27ClN2O6. The maximum atomic E-state index is 13.6. The van der Waals surface area contributed by atoms with Crippen LogP contribution in [0.2, 0.25) is 5.02 Å². The van der Waals surface area contributed by atoms with E-state index in [0.717, 1.165) is 5.56 Å². The zero-order chi connectivity index (χ0) is 28.8. The van der Waals surface area contributed by atoms with Crippen LogP contribution in [0.25, 0.3) is 11.1 Å². The average molecular weight is 559 g/mol. The zero-order valence-electron chi connectivity index (χ0n) is 21.9. The van der Waals surface area contributed by atoms with Crippen molar-refractivity contribution in [2.24, 2.45) is 0 Å². The van der Waals surface area contributed by atoms with Gasteiger partial charge in [0.05, 0.1) is 18.9 Å². The van der Waals surface area contributed by atoms with Gasteiger partial charge in [-0.1, -0.05) is 48.9 Å². The first-order chi connectivity index (χ1) is 19.2. The fourth-order valence-electron chi connectivity index (χ4n) is 4.39. The fraction of sp³-hybridized carbons (Fsp3) is 0.161. The molecule has 1 amide bonds. The number of pyridine rings is 1. The lowest BCUT2D eigenvalue weighted by Crippen LogP contribution is -2.34. The lowest BCUT2D eigenvalue weighted by Gasteiger charge is -2.22. The van der Waals surface area contributed by atoms with Gasteiger partial charge in [0.25, 0.3) is 5.56 Å². The summed E-state index contributed by atoms with van der Waals surface area (Å²) in [5.41, 5.74) is 2.05. The van der Waals surface area contributed by atoms with E-state index < -0.39 is 23.5 Å². The third-order valence-electron chi connectivity index (χ3n) is 6.47. The Balaban J connectivity index is 1.79. The van der Waals surface area contributed by atoms with Crippen molar-refractivity contribution in [1.82, 2.24) is 4.57 Å². The Morgan fingerprint density at radius 2 is 1.68 bits per heavy atom. The number of hydrogen-bond donors (Lipinski definition) is 2. The molecule has 8 nitrogen and oxygen atoms in total. The van der Waals surface area contributed by atoms with Crippen LogP contribution in [0.15, 0.2) is 89.9 Å². The zero-order valence-corrected chi connectivity index (χ0v) is 22.6. The van der Waals surface area contributed by atoms with Gasteiger partial charge in [-0.15, -0.1) is 0 Å². The first-order valence-corrected chi connectivity index (χ1v) is 12.9. The molecule has 1 aromatic heterocycles. The van der Waals surface area contributed by atoms with E-state index in [-0.39, 0.29) is 29.9 Å². The van der Waals surface area contributed by atoms with Crippen molar-refractivity contribution in [3.63, 3.8) is 0 Å². The number of halogens is 1. The van der Waals surface area contributed by atoms with E-state index in [1.807, 2.05) is 30.3 Å². The van der Waals surface area contributed by atoms with E-state index in [1.54, 1.807) is 25.1 Å². The molecule has 40 heavy (non-hydrogen) atoms. The molecule has 0 fully saturated rings. The van der Waals surface area contributed by atoms with Gasteiger partial charge in [-0.3, -0.25) is 19.0 Å². The summed E-state index contributed by atoms with van der Waals surface area (Å²) >= 11 is 6.25. The first-order valence-electron chi connectivity index (χ1n) is 12.5. The molecule has 4 aromatic rings. The van der Waals surface area contributed by atoms with Crippen LogP contribution in [0.4, 0.5) is 5.69 Å². The smallest absolute Gasteiger partial charge is 0.335 e. The summed E-state index contributed by atoms with van der Waals surface area (Å²) in [5.74, 6) is -1.40. The fourth-order valence-corrected chi connectivity index (χ4v) is 4.57. The van der Waals surface area contributed by atoms with E-state index in [4.69, 9.17) is 21.4 Å². The van der Waals surface area contributed by atoms with E-state index in [2.05, 4.69) is 5.32 Å². The van der Waals surface area contributed by atoms with Gasteiger partial charge in [-0.25, -0.2) is 4.79 Å². The Morgan fingerprint density at radius 1 is 0.975 bits per heavy atom. The van der Waals surface area contributed by atoms with Gasteiger partial charge in [0, 0.05) is 40.7 Å². The van der Waals surface area contributed by atoms with Gasteiger partial charge in [0.2, 0.25) is 5.91 Å². The van der Waals surface area contributed by atoms with Gasteiger partial charge >= 0.3 is 5.97 Å². The number of Topliss-reactive ketones (excluding diaryl/α,β-unsaturated/α-hetero) is 1. The maximum absolute atomic E-state index is 13.6. The number of amides is 1. The molecule has 2 N–H and O–H groups in total. The Bertz CT molecular complexity index is 1610. The largest absolute Gasteiger partial charge is 0.495 e. The second-order valence-electron chi connectivity index (χ2n) is 9.04. The van der Waals surface area contributed by atoms with Gasteiger partial charge < -0.3 is 15.2 Å². The number of hydrogen-bond acceptors (Lipinski definition) is 5. The molecular weight excluding hydrogens is 532 g/mol. The van der Waals surface area contributed by atoms with Crippen molar-refractivity contribution < 1.29 is 24.2 Å². The molecule has 204 valence electrons. The molecule has 0 saturated heterocycles. The van der Waals surface area contributed by atoms with E-state index in [0.29, 0.717) is 27.4 Å². The number of methoxy groups -OCH3 is 1. The van der Waals surface area contributed by atoms with Crippen LogP contribution in [0, 0.1) is 0 Å². The van der Waals surface area contributed by atoms with Crippen LogP contribution in [-0.2, 0) is 11.2 Å². The molecule has 0 aliphatic heterocycles. The Hall–Kier alpha value is -4.69. The lowest BCUT2D eigenvalue weighted by molar-refractivity contribution is -0.119. The molecule has 3 aromatic carbocycles. The van der Waals surface area contributed by atoms with Crippen LogP contribution in [0.3, 0.4) is 0 Å². The van der Waals surface area contributed by atoms with Crippen LogP contribution in [0.5, 0.6) is 5.75 Å². The highest BCUT2D eigenvalue weighted by molar-refractivity contribution is 6.31. The number of benzene rings is 3. The standard InChI is InChI=1S/C31H27ClN2O6/c1-3-27(35)23-14-11-21(32)16-24(23)25-17-29(36)34(18-28(25)40-2)26(15-19-7-5-4-6-8-19)30(37)33-22-12-9-20(10-13-22)31(38)39/h4-14,16-18,26H,3,15H2,1-2H3,(H,33,37)(H,38,39)/t26-/m1/s1. The number of nitrogens with zero attached hydrogens (tertiary/aromatic N) is 1. The molecule has 0 spiro atoms. The van der Waals surface area contributed by atoms with Crippen molar-refractivity contribution in [3.05, 3.63) is 117 Å². The van der Waals surface area contributed by atoms with E-state index >= 15 is 0 Å². The van der Waals surface area contributed by atoms with Crippen molar-refractivity contribution >= 4 is 34.9 Å². The van der Waals surface area contributed by atoms with Crippen LogP contribution >= 0.6 is 11.6 Å². The molecule has 0 saturated carbocycles. The number of nitrogens with one attached hydrogen (secondary N) is 1. The predicted octanol–water partition coefficient (Wildman–Crippen LogP) is 5.89. The molecule has 0 aliphatic rings. The summed E-state index contributed by atoms with van der Waals surface area (Å²) in [6.07, 6.45) is 1.92. The highest BCUT2D eigenvalue weighted by Crippen LogP contribution is 2.34. The normalized spacial score (nSPS) is 11.5. The number of aromatic nitrogens is 1. The average Bonchev–Trinajstić information content (AvgIpc) is 2.96. The minimum absolute atomic E-state index is 0.0809. The van der Waals surface area contributed by atoms with Gasteiger partial charge in [-0.2, -0.15) is 0 Å². The lowest BCUT2D eigenvalue weighted by atomic mass is 9.95. The number of ketones is 1. The summed E-state index contributed by atoms with van der Waals surface area (Å²) in [7, 11) is 1.44. The molecule has 0 bridgehead atoms. The Morgan fingerprint density at radius 3 is 2.30 bits per heavy atom. The van der Waals surface area contributed by atoms with Gasteiger partial charge in [-0.05, 0) is 53.6 Å². The quantitative estimate of drug-likeness (QED) is 0.235. The molecule has 0 radical (unpaired) electrons. The Kier molecular flexibility index (Phi) is 8.81. The maximum Gasteiger partial charge on any atom is 0.335 e. The number of anilines is 1. The SMILES string of the molecule is CCC(=O)c1ccc(Cl)cc1-c1cc(=O)n([C@H](Cc2ccccc2)C(=O)Nc2ccc(C(=O)O)cc2)cc1OC. The van der Waals surface area contributed by atoms with Crippen molar-refractivity contribution in [1.29, 1.82) is 0 Å². The van der Waals surface area contributed by atoms with Crippen molar-refractivity contribution in [2.75, 3.05) is 12.4 Å². The molecule has 1 heterocycles. The number of carboxylic acids is 1. The number of ether oxygens (including phenoxy) is 1. The molecule has 9 heteroatoms.